The fourth-order valence-electron chi connectivity index (χ4n) is 7.86. The molecule has 0 saturated carbocycles. The highest BCUT2D eigenvalue weighted by Gasteiger charge is 2.25. The van der Waals surface area contributed by atoms with Gasteiger partial charge in [-0.05, 0) is 111 Å². The van der Waals surface area contributed by atoms with Gasteiger partial charge in [0.15, 0.2) is 11.5 Å². The molecule has 15 nitrogen and oxygen atoms in total. The number of methoxy groups -OCH3 is 2. The highest BCUT2D eigenvalue weighted by Crippen LogP contribution is 2.39. The first kappa shape index (κ1) is 52.5. The predicted molar refractivity (Wildman–Crippen MR) is 275 cm³/mol. The lowest BCUT2D eigenvalue weighted by atomic mass is 10.1. The number of hydrogen-bond donors (Lipinski definition) is 7. The first-order valence-electron chi connectivity index (χ1n) is 23.8. The van der Waals surface area contributed by atoms with Crippen LogP contribution < -0.4 is 51.7 Å². The van der Waals surface area contributed by atoms with Crippen LogP contribution in [0, 0.1) is 13.8 Å². The molecule has 5 aromatic carbocycles. The van der Waals surface area contributed by atoms with E-state index in [9.17, 15) is 24.3 Å². The van der Waals surface area contributed by atoms with Crippen molar-refractivity contribution in [3.05, 3.63) is 112 Å². The number of benzene rings is 5. The average molecular weight is 945 g/mol. The molecular weight excluding hydrogens is 877 g/mol. The number of rotatable bonds is 26. The van der Waals surface area contributed by atoms with Gasteiger partial charge >= 0.3 is 0 Å². The summed E-state index contributed by atoms with van der Waals surface area (Å²) in [5, 5.41) is 22.8. The van der Waals surface area contributed by atoms with Crippen LogP contribution in [0.15, 0.2) is 78.9 Å². The molecule has 4 amide bonds. The minimum absolute atomic E-state index is 0.135. The maximum Gasteiger partial charge on any atom is 0.259 e. The molecule has 9 N–H and O–H groups in total. The Morgan fingerprint density at radius 2 is 0.812 bits per heavy atom. The van der Waals surface area contributed by atoms with Crippen LogP contribution in [0.25, 0.3) is 0 Å². The largest absolute Gasteiger partial charge is 0.506 e. The van der Waals surface area contributed by atoms with E-state index in [0.29, 0.717) is 47.2 Å². The highest BCUT2D eigenvalue weighted by molar-refractivity contribution is 6.14. The van der Waals surface area contributed by atoms with Crippen molar-refractivity contribution in [2.75, 3.05) is 60.2 Å². The SMILES string of the molecule is CCCCCCCCOc1ccc(N)cc1C(=O)Nc1cc(C)cc(NC(=O)c2cccc(C(=O)Nc3cc(C)cc(NC(=O)c4cc(N)ccc4OCCCCCCCC)c3OC)c2O)c1OC. The van der Waals surface area contributed by atoms with Gasteiger partial charge < -0.3 is 56.8 Å². The van der Waals surface area contributed by atoms with Crippen LogP contribution in [-0.4, -0.2) is 56.2 Å². The minimum atomic E-state index is -0.764. The summed E-state index contributed by atoms with van der Waals surface area (Å²) >= 11 is 0. The highest BCUT2D eigenvalue weighted by atomic mass is 16.5. The Hall–Kier alpha value is -7.42. The summed E-state index contributed by atoms with van der Waals surface area (Å²) in [5.41, 5.74) is 15.2. The van der Waals surface area contributed by atoms with Crippen LogP contribution in [0.3, 0.4) is 0 Å². The number of nitrogen functional groups attached to an aromatic ring is 2. The second kappa shape index (κ2) is 26.2. The first-order valence-corrected chi connectivity index (χ1v) is 23.8. The molecule has 15 heteroatoms. The number of carbonyl (C=O) groups excluding carboxylic acids is 4. The van der Waals surface area contributed by atoms with Gasteiger partial charge in [-0.15, -0.1) is 0 Å². The second-order valence-electron chi connectivity index (χ2n) is 17.0. The molecule has 0 saturated heterocycles. The fraction of sp³-hybridized carbons (Fsp3) is 0.370. The Balaban J connectivity index is 1.30. The Bertz CT molecular complexity index is 2410. The van der Waals surface area contributed by atoms with Crippen molar-refractivity contribution in [3.8, 4) is 28.7 Å². The molecule has 0 fully saturated rings. The summed E-state index contributed by atoms with van der Waals surface area (Å²) in [6.07, 6.45) is 13.1. The average Bonchev–Trinajstić information content (AvgIpc) is 3.31. The number of para-hydroxylation sites is 1. The third-order valence-electron chi connectivity index (χ3n) is 11.4. The molecule has 0 spiro atoms. The number of carbonyl (C=O) groups is 4. The second-order valence-corrected chi connectivity index (χ2v) is 17.0. The van der Waals surface area contributed by atoms with E-state index < -0.39 is 29.4 Å². The van der Waals surface area contributed by atoms with Crippen molar-refractivity contribution >= 4 is 57.8 Å². The van der Waals surface area contributed by atoms with Gasteiger partial charge in [0.05, 0.1) is 72.4 Å². The van der Waals surface area contributed by atoms with Gasteiger partial charge in [0.2, 0.25) is 0 Å². The van der Waals surface area contributed by atoms with Crippen molar-refractivity contribution in [2.24, 2.45) is 0 Å². The van der Waals surface area contributed by atoms with Crippen LogP contribution in [0.4, 0.5) is 34.1 Å². The molecule has 0 radical (unpaired) electrons. The maximum absolute atomic E-state index is 13.9. The Kier molecular flexibility index (Phi) is 20.0. The summed E-state index contributed by atoms with van der Waals surface area (Å²) in [4.78, 5) is 55.4. The van der Waals surface area contributed by atoms with Gasteiger partial charge in [-0.1, -0.05) is 84.1 Å². The van der Waals surface area contributed by atoms with Crippen molar-refractivity contribution in [1.82, 2.24) is 0 Å². The van der Waals surface area contributed by atoms with E-state index in [-0.39, 0.29) is 56.5 Å². The molecular formula is C54H68N6O9. The summed E-state index contributed by atoms with van der Waals surface area (Å²) in [7, 11) is 2.79. The third kappa shape index (κ3) is 14.8. The molecule has 0 aliphatic carbocycles. The first-order chi connectivity index (χ1) is 33.3. The molecule has 368 valence electrons. The van der Waals surface area contributed by atoms with Crippen LogP contribution in [0.1, 0.15) is 143 Å². The van der Waals surface area contributed by atoms with E-state index in [1.807, 2.05) is 0 Å². The summed E-state index contributed by atoms with van der Waals surface area (Å²) < 4.78 is 23.5. The van der Waals surface area contributed by atoms with Crippen LogP contribution in [0.2, 0.25) is 0 Å². The molecule has 0 bridgehead atoms. The van der Waals surface area contributed by atoms with E-state index in [1.54, 1.807) is 74.5 Å². The number of amides is 4. The van der Waals surface area contributed by atoms with Gasteiger partial charge in [-0.25, -0.2) is 0 Å². The van der Waals surface area contributed by atoms with E-state index in [1.165, 1.54) is 70.9 Å². The Morgan fingerprint density at radius 3 is 1.16 bits per heavy atom. The third-order valence-corrected chi connectivity index (χ3v) is 11.4. The number of unbranched alkanes of at least 4 members (excludes halogenated alkanes) is 10. The molecule has 0 aliphatic heterocycles. The Morgan fingerprint density at radius 1 is 0.478 bits per heavy atom. The van der Waals surface area contributed by atoms with Crippen molar-refractivity contribution in [2.45, 2.75) is 105 Å². The zero-order valence-corrected chi connectivity index (χ0v) is 40.8. The lowest BCUT2D eigenvalue weighted by molar-refractivity contribution is 0.101. The predicted octanol–water partition coefficient (Wildman–Crippen LogP) is 11.7. The van der Waals surface area contributed by atoms with E-state index in [2.05, 4.69) is 35.1 Å². The summed E-state index contributed by atoms with van der Waals surface area (Å²) in [5.74, 6) is -2.09. The zero-order valence-electron chi connectivity index (χ0n) is 40.8. The normalized spacial score (nSPS) is 10.8. The smallest absolute Gasteiger partial charge is 0.259 e. The molecule has 5 rings (SSSR count). The van der Waals surface area contributed by atoms with E-state index >= 15 is 0 Å². The molecule has 0 aliphatic rings. The van der Waals surface area contributed by atoms with Gasteiger partial charge in [-0.3, -0.25) is 19.2 Å². The monoisotopic (exact) mass is 945 g/mol. The van der Waals surface area contributed by atoms with Crippen molar-refractivity contribution in [3.63, 3.8) is 0 Å². The number of hydrogen-bond acceptors (Lipinski definition) is 11. The Labute approximate surface area is 405 Å². The van der Waals surface area contributed by atoms with Crippen molar-refractivity contribution < 1.29 is 43.2 Å². The standard InChI is InChI=1S/C54H68N6O9/c1-7-9-11-13-15-17-26-68-46-24-22-36(55)32-40(46)53(64)59-44-30-34(3)28-42(49(44)66-5)57-51(62)38-20-19-21-39(48(38)61)52(63)58-43-29-35(4)31-45(50(43)67-6)60-54(65)41-33-37(56)23-25-47(41)69-27-18-16-14-12-10-8-2/h19-25,28-33,61H,7-18,26-27,55-56H2,1-6H3,(H,57,62)(H,58,63)(H,59,64)(H,60,65). The number of aryl methyl sites for hydroxylation is 2. The number of anilines is 6. The van der Waals surface area contributed by atoms with E-state index in [4.69, 9.17) is 30.4 Å². The number of nitrogens with one attached hydrogen (secondary N) is 4. The summed E-state index contributed by atoms with van der Waals surface area (Å²) in [6.45, 7) is 8.80. The fourth-order valence-corrected chi connectivity index (χ4v) is 7.86. The topological polar surface area (TPSA) is 226 Å². The molecule has 69 heavy (non-hydrogen) atoms. The molecule has 0 aromatic heterocycles. The lowest BCUT2D eigenvalue weighted by Crippen LogP contribution is -2.19. The van der Waals surface area contributed by atoms with Gasteiger partial charge in [-0.2, -0.15) is 0 Å². The van der Waals surface area contributed by atoms with Gasteiger partial charge in [0.1, 0.15) is 17.2 Å². The molecule has 0 atom stereocenters. The lowest BCUT2D eigenvalue weighted by Gasteiger charge is -2.19. The quantitative estimate of drug-likeness (QED) is 0.0204. The van der Waals surface area contributed by atoms with Crippen molar-refractivity contribution in [1.29, 1.82) is 0 Å². The van der Waals surface area contributed by atoms with Crippen LogP contribution >= 0.6 is 0 Å². The van der Waals surface area contributed by atoms with E-state index in [0.717, 1.165) is 38.5 Å². The van der Waals surface area contributed by atoms with Crippen LogP contribution in [-0.2, 0) is 0 Å². The number of phenolic OH excluding ortho intramolecular Hbond substituents is 1. The number of phenols is 1. The molecule has 0 heterocycles. The number of nitrogens with two attached hydrogens (primary N) is 2. The number of ether oxygens (including phenoxy) is 4. The van der Waals surface area contributed by atoms with Crippen LogP contribution in [0.5, 0.6) is 28.7 Å². The molecule has 0 unspecified atom stereocenters. The van der Waals surface area contributed by atoms with Gasteiger partial charge in [0.25, 0.3) is 23.6 Å². The summed E-state index contributed by atoms with van der Waals surface area (Å²) in [6, 6.07) is 20.6. The number of aromatic hydroxyl groups is 1. The minimum Gasteiger partial charge on any atom is -0.506 e. The maximum atomic E-state index is 13.9. The molecule has 5 aromatic rings. The zero-order chi connectivity index (χ0) is 49.9. The van der Waals surface area contributed by atoms with Gasteiger partial charge in [0, 0.05) is 11.4 Å².